The van der Waals surface area contributed by atoms with Gasteiger partial charge in [-0.15, -0.1) is 0 Å². The molecule has 0 bridgehead atoms. The van der Waals surface area contributed by atoms with Gasteiger partial charge in [-0.1, -0.05) is 13.8 Å². The Kier molecular flexibility index (Phi) is 2.53. The molecule has 0 aliphatic carbocycles. The van der Waals surface area contributed by atoms with Crippen LogP contribution in [0.2, 0.25) is 0 Å². The Balaban J connectivity index is 2.17. The fourth-order valence-electron chi connectivity index (χ4n) is 2.14. The second kappa shape index (κ2) is 3.33. The molecule has 0 spiro atoms. The first-order chi connectivity index (χ1) is 6.51. The van der Waals surface area contributed by atoms with E-state index in [-0.39, 0.29) is 0 Å². The second-order valence-corrected chi connectivity index (χ2v) is 7.88. The average Bonchev–Trinajstić information content (AvgIpc) is 3.02. The van der Waals surface area contributed by atoms with Gasteiger partial charge in [-0.05, 0) is 20.3 Å². The molecule has 3 nitrogen and oxygen atoms in total. The fourth-order valence-corrected chi connectivity index (χ4v) is 5.99. The Morgan fingerprint density at radius 3 is 1.86 bits per heavy atom. The third kappa shape index (κ3) is 1.46. The summed E-state index contributed by atoms with van der Waals surface area (Å²) in [5.74, 6) is 0. The van der Waals surface area contributed by atoms with E-state index < -0.39 is 7.44 Å². The van der Waals surface area contributed by atoms with Crippen molar-refractivity contribution in [3.05, 3.63) is 0 Å². The highest BCUT2D eigenvalue weighted by Gasteiger charge is 2.56. The van der Waals surface area contributed by atoms with E-state index in [2.05, 4.69) is 37.0 Å². The first-order valence-corrected chi connectivity index (χ1v) is 7.34. The highest BCUT2D eigenvalue weighted by atomic mass is 31.2. The first kappa shape index (κ1) is 10.7. The Morgan fingerprint density at radius 2 is 1.64 bits per heavy atom. The lowest BCUT2D eigenvalue weighted by molar-refractivity contribution is 0.490. The van der Waals surface area contributed by atoms with Crippen LogP contribution in [-0.4, -0.2) is 40.2 Å². The van der Waals surface area contributed by atoms with Crippen LogP contribution in [0, 0.1) is 0 Å². The van der Waals surface area contributed by atoms with Gasteiger partial charge in [-0.25, -0.2) is 9.34 Å². The van der Waals surface area contributed by atoms with Crippen molar-refractivity contribution < 1.29 is 4.57 Å². The van der Waals surface area contributed by atoms with E-state index in [1.54, 1.807) is 0 Å². The molecule has 0 amide bonds. The number of rotatable bonds is 4. The highest BCUT2D eigenvalue weighted by molar-refractivity contribution is 7.60. The van der Waals surface area contributed by atoms with Gasteiger partial charge in [0, 0.05) is 30.8 Å². The van der Waals surface area contributed by atoms with Crippen molar-refractivity contribution in [1.82, 2.24) is 9.34 Å². The molecule has 82 valence electrons. The number of nitrogens with zero attached hydrogens (tertiary/aromatic N) is 2. The molecule has 0 aromatic carbocycles. The standard InChI is InChI=1S/C10H21N2OP/c1-5-10(4)14(13,11-6-8(11)2)12-7-9(12)3/h8-10H,5-7H2,1-4H3/t8-,9-,10-,11?,12?,14?/m0/s1. The van der Waals surface area contributed by atoms with E-state index in [4.69, 9.17) is 0 Å². The molecule has 0 radical (unpaired) electrons. The van der Waals surface area contributed by atoms with Gasteiger partial charge in [-0.2, -0.15) is 0 Å². The van der Waals surface area contributed by atoms with Gasteiger partial charge < -0.3 is 0 Å². The van der Waals surface area contributed by atoms with Crippen LogP contribution in [0.25, 0.3) is 0 Å². The van der Waals surface area contributed by atoms with Gasteiger partial charge >= 0.3 is 0 Å². The summed E-state index contributed by atoms with van der Waals surface area (Å²) >= 11 is 0. The maximum Gasteiger partial charge on any atom is 0.219 e. The van der Waals surface area contributed by atoms with Gasteiger partial charge in [0.15, 0.2) is 0 Å². The minimum atomic E-state index is -2.18. The van der Waals surface area contributed by atoms with E-state index in [1.807, 2.05) is 0 Å². The highest BCUT2D eigenvalue weighted by Crippen LogP contribution is 2.67. The molecule has 14 heavy (non-hydrogen) atoms. The first-order valence-electron chi connectivity index (χ1n) is 5.65. The van der Waals surface area contributed by atoms with Gasteiger partial charge in [0.1, 0.15) is 0 Å². The third-order valence-electron chi connectivity index (χ3n) is 3.55. The van der Waals surface area contributed by atoms with Gasteiger partial charge in [0.25, 0.3) is 0 Å². The Hall–Kier alpha value is 0.150. The van der Waals surface area contributed by atoms with Crippen LogP contribution in [0.1, 0.15) is 34.1 Å². The summed E-state index contributed by atoms with van der Waals surface area (Å²) in [5, 5.41) is 0. The van der Waals surface area contributed by atoms with E-state index >= 15 is 0 Å². The van der Waals surface area contributed by atoms with Crippen molar-refractivity contribution in [2.45, 2.75) is 51.9 Å². The molecule has 2 rings (SSSR count). The molecular weight excluding hydrogens is 195 g/mol. The van der Waals surface area contributed by atoms with Crippen LogP contribution in [0.4, 0.5) is 0 Å². The van der Waals surface area contributed by atoms with Crippen molar-refractivity contribution >= 4 is 7.44 Å². The average molecular weight is 216 g/mol. The molecule has 0 aromatic rings. The minimum Gasteiger partial charge on any atom is -0.288 e. The van der Waals surface area contributed by atoms with Gasteiger partial charge in [-0.3, -0.25) is 4.57 Å². The van der Waals surface area contributed by atoms with Crippen LogP contribution in [0.3, 0.4) is 0 Å². The van der Waals surface area contributed by atoms with Crippen LogP contribution in [-0.2, 0) is 4.57 Å². The lowest BCUT2D eigenvalue weighted by atomic mass is 10.4. The quantitative estimate of drug-likeness (QED) is 0.532. The summed E-state index contributed by atoms with van der Waals surface area (Å²) in [6.45, 7) is 10.7. The Labute approximate surface area is 86.9 Å². The minimum absolute atomic E-state index is 0.331. The van der Waals surface area contributed by atoms with Crippen LogP contribution in [0.15, 0.2) is 0 Å². The SMILES string of the molecule is CC[C@H](C)P(=O)(N1C[C@@H]1C)N1C[C@@H]1C. The molecule has 0 saturated carbocycles. The van der Waals surface area contributed by atoms with Crippen molar-refractivity contribution in [1.29, 1.82) is 0 Å². The lowest BCUT2D eigenvalue weighted by Crippen LogP contribution is -2.17. The molecule has 2 aliphatic rings. The maximum atomic E-state index is 12.9. The summed E-state index contributed by atoms with van der Waals surface area (Å²) in [6, 6.07) is 1.09. The molecule has 2 aliphatic heterocycles. The summed E-state index contributed by atoms with van der Waals surface area (Å²) in [4.78, 5) is 0. The third-order valence-corrected chi connectivity index (χ3v) is 7.66. The van der Waals surface area contributed by atoms with E-state index in [1.165, 1.54) is 0 Å². The smallest absolute Gasteiger partial charge is 0.219 e. The zero-order valence-electron chi connectivity index (χ0n) is 9.60. The molecule has 4 heteroatoms. The predicted molar refractivity (Wildman–Crippen MR) is 59.7 cm³/mol. The largest absolute Gasteiger partial charge is 0.288 e. The molecule has 5 atom stereocenters. The fraction of sp³-hybridized carbons (Fsp3) is 1.00. The Bertz CT molecular complexity index is 250. The molecule has 0 N–H and O–H groups in total. The number of hydrogen-bond acceptors (Lipinski definition) is 1. The van der Waals surface area contributed by atoms with Crippen molar-refractivity contribution in [3.8, 4) is 0 Å². The van der Waals surface area contributed by atoms with Crippen molar-refractivity contribution in [2.24, 2.45) is 0 Å². The van der Waals surface area contributed by atoms with Gasteiger partial charge in [0.05, 0.1) is 0 Å². The van der Waals surface area contributed by atoms with Gasteiger partial charge in [0.2, 0.25) is 7.44 Å². The maximum absolute atomic E-state index is 12.9. The van der Waals surface area contributed by atoms with E-state index in [9.17, 15) is 4.57 Å². The summed E-state index contributed by atoms with van der Waals surface area (Å²) < 4.78 is 17.4. The Morgan fingerprint density at radius 1 is 1.29 bits per heavy atom. The topological polar surface area (TPSA) is 23.1 Å². The number of hydrogen-bond donors (Lipinski definition) is 0. The van der Waals surface area contributed by atoms with Crippen LogP contribution in [0.5, 0.6) is 0 Å². The lowest BCUT2D eigenvalue weighted by Gasteiger charge is -2.27. The molecule has 2 unspecified atom stereocenters. The molecule has 0 aromatic heterocycles. The van der Waals surface area contributed by atoms with Crippen molar-refractivity contribution in [3.63, 3.8) is 0 Å². The summed E-state index contributed by atoms with van der Waals surface area (Å²) in [7, 11) is -2.18. The van der Waals surface area contributed by atoms with Crippen LogP contribution >= 0.6 is 7.44 Å². The monoisotopic (exact) mass is 216 g/mol. The zero-order valence-corrected chi connectivity index (χ0v) is 10.5. The van der Waals surface area contributed by atoms with Crippen LogP contribution < -0.4 is 0 Å². The normalized spacial score (nSPS) is 46.9. The second-order valence-electron chi connectivity index (χ2n) is 4.79. The summed E-state index contributed by atoms with van der Waals surface area (Å²) in [6.07, 6.45) is 1.02. The zero-order chi connectivity index (χ0) is 10.5. The van der Waals surface area contributed by atoms with E-state index in [0.29, 0.717) is 17.7 Å². The summed E-state index contributed by atoms with van der Waals surface area (Å²) in [5.41, 5.74) is 0.331. The molecule has 2 heterocycles. The molecular formula is C10H21N2OP. The van der Waals surface area contributed by atoms with Crippen molar-refractivity contribution in [2.75, 3.05) is 13.1 Å². The van der Waals surface area contributed by atoms with E-state index in [0.717, 1.165) is 19.5 Å². The predicted octanol–water partition coefficient (Wildman–Crippen LogP) is 2.39. The molecule has 2 saturated heterocycles. The molecule has 2 fully saturated rings.